The quantitative estimate of drug-likeness (QED) is 0.555. The van der Waals surface area contributed by atoms with Gasteiger partial charge in [0.2, 0.25) is 5.78 Å². The highest BCUT2D eigenvalue weighted by atomic mass is 16.5. The number of ether oxygens (including phenoxy) is 1. The third-order valence-electron chi connectivity index (χ3n) is 2.87. The second kappa shape index (κ2) is 4.74. The molecule has 3 N–H and O–H groups in total. The lowest BCUT2D eigenvalue weighted by Crippen LogP contribution is -2.33. The van der Waals surface area contributed by atoms with Gasteiger partial charge in [-0.25, -0.2) is 0 Å². The van der Waals surface area contributed by atoms with Crippen LogP contribution in [0.1, 0.15) is 27.6 Å². The van der Waals surface area contributed by atoms with Crippen LogP contribution in [0.25, 0.3) is 0 Å². The van der Waals surface area contributed by atoms with Crippen molar-refractivity contribution in [2.24, 2.45) is 0 Å². The predicted octanol–water partition coefficient (Wildman–Crippen LogP) is 0.943. The molecule has 0 bridgehead atoms. The van der Waals surface area contributed by atoms with Crippen LogP contribution in [0.5, 0.6) is 11.5 Å². The SMILES string of the molecule is COC(C)NC1=CC(=O)c2c(O)ccc(O)c2C1=O. The maximum atomic E-state index is 12.2. The number of hydrogen-bond donors (Lipinski definition) is 3. The summed E-state index contributed by atoms with van der Waals surface area (Å²) >= 11 is 0. The molecule has 6 heteroatoms. The molecule has 6 nitrogen and oxygen atoms in total. The van der Waals surface area contributed by atoms with Gasteiger partial charge in [0.05, 0.1) is 16.8 Å². The Morgan fingerprint density at radius 3 is 2.32 bits per heavy atom. The standard InChI is InChI=1S/C13H13NO5/c1-6(19-2)14-7-5-10(17)11-8(15)3-4-9(16)12(11)13(7)18/h3-6,14-16H,1-2H3. The Kier molecular flexibility index (Phi) is 3.26. The summed E-state index contributed by atoms with van der Waals surface area (Å²) in [6, 6.07) is 2.34. The number of methoxy groups -OCH3 is 1. The number of phenols is 2. The minimum atomic E-state index is -0.563. The maximum absolute atomic E-state index is 12.2. The van der Waals surface area contributed by atoms with Crippen LogP contribution in [0.2, 0.25) is 0 Å². The topological polar surface area (TPSA) is 95.9 Å². The molecular formula is C13H13NO5. The molecule has 1 aromatic rings. The monoisotopic (exact) mass is 263 g/mol. The molecule has 0 spiro atoms. The third kappa shape index (κ3) is 2.17. The molecule has 0 amide bonds. The van der Waals surface area contributed by atoms with E-state index in [1.165, 1.54) is 19.2 Å². The first-order chi connectivity index (χ1) is 8.95. The average molecular weight is 263 g/mol. The van der Waals surface area contributed by atoms with Gasteiger partial charge in [-0.2, -0.15) is 0 Å². The van der Waals surface area contributed by atoms with Crippen LogP contribution in [-0.2, 0) is 4.74 Å². The van der Waals surface area contributed by atoms with Crippen molar-refractivity contribution in [1.29, 1.82) is 0 Å². The summed E-state index contributed by atoms with van der Waals surface area (Å²) in [5, 5.41) is 22.0. The van der Waals surface area contributed by atoms with Gasteiger partial charge in [-0.15, -0.1) is 0 Å². The normalized spacial score (nSPS) is 15.8. The Labute approximate surface area is 109 Å². The van der Waals surface area contributed by atoms with E-state index in [1.807, 2.05) is 0 Å². The molecule has 0 aliphatic heterocycles. The molecule has 0 aromatic heterocycles. The first-order valence-corrected chi connectivity index (χ1v) is 5.60. The molecule has 1 atom stereocenters. The minimum Gasteiger partial charge on any atom is -0.507 e. The Bertz CT molecular complexity index is 591. The zero-order valence-corrected chi connectivity index (χ0v) is 10.4. The minimum absolute atomic E-state index is 0.0211. The number of fused-ring (bicyclic) bond motifs is 1. The fraction of sp³-hybridized carbons (Fsp3) is 0.231. The van der Waals surface area contributed by atoms with Crippen molar-refractivity contribution in [2.45, 2.75) is 13.2 Å². The van der Waals surface area contributed by atoms with Crippen molar-refractivity contribution in [3.05, 3.63) is 35.0 Å². The zero-order valence-electron chi connectivity index (χ0n) is 10.4. The highest BCUT2D eigenvalue weighted by molar-refractivity contribution is 6.26. The van der Waals surface area contributed by atoms with Crippen LogP contribution in [-0.4, -0.2) is 35.1 Å². The number of allylic oxidation sites excluding steroid dienone is 2. The lowest BCUT2D eigenvalue weighted by Gasteiger charge is -2.20. The van der Waals surface area contributed by atoms with E-state index >= 15 is 0 Å². The first-order valence-electron chi connectivity index (χ1n) is 5.60. The van der Waals surface area contributed by atoms with Gasteiger partial charge in [0.25, 0.3) is 0 Å². The van der Waals surface area contributed by atoms with Gasteiger partial charge in [-0.05, 0) is 19.1 Å². The molecule has 0 saturated carbocycles. The summed E-state index contributed by atoms with van der Waals surface area (Å²) in [6.07, 6.45) is 0.614. The van der Waals surface area contributed by atoms with Crippen LogP contribution in [0.15, 0.2) is 23.9 Å². The lowest BCUT2D eigenvalue weighted by molar-refractivity contribution is 0.0858. The third-order valence-corrected chi connectivity index (χ3v) is 2.87. The number of aromatic hydroxyl groups is 2. The number of hydrogen-bond acceptors (Lipinski definition) is 6. The summed E-state index contributed by atoms with van der Waals surface area (Å²) in [4.78, 5) is 24.1. The van der Waals surface area contributed by atoms with Crippen LogP contribution < -0.4 is 5.32 Å². The molecule has 2 rings (SSSR count). The van der Waals surface area contributed by atoms with E-state index in [2.05, 4.69) is 5.32 Å². The lowest BCUT2D eigenvalue weighted by atomic mass is 9.91. The van der Waals surface area contributed by atoms with Crippen molar-refractivity contribution in [3.8, 4) is 11.5 Å². The molecule has 19 heavy (non-hydrogen) atoms. The van der Waals surface area contributed by atoms with Crippen molar-refractivity contribution in [3.63, 3.8) is 0 Å². The number of carbonyl (C=O) groups is 2. The Morgan fingerprint density at radius 2 is 1.74 bits per heavy atom. The van der Waals surface area contributed by atoms with Gasteiger partial charge in [-0.3, -0.25) is 9.59 Å². The highest BCUT2D eigenvalue weighted by Crippen LogP contribution is 2.34. The number of phenolic OH excluding ortho intramolecular Hbond substituents is 2. The van der Waals surface area contributed by atoms with E-state index in [0.717, 1.165) is 6.08 Å². The van der Waals surface area contributed by atoms with E-state index in [0.29, 0.717) is 0 Å². The fourth-order valence-corrected chi connectivity index (χ4v) is 1.85. The highest BCUT2D eigenvalue weighted by Gasteiger charge is 2.31. The molecule has 0 fully saturated rings. The first kappa shape index (κ1) is 13.1. The smallest absolute Gasteiger partial charge is 0.213 e. The maximum Gasteiger partial charge on any atom is 0.213 e. The van der Waals surface area contributed by atoms with Crippen molar-refractivity contribution >= 4 is 11.6 Å². The molecular weight excluding hydrogens is 250 g/mol. The van der Waals surface area contributed by atoms with Gasteiger partial charge in [-0.1, -0.05) is 0 Å². The predicted molar refractivity (Wildman–Crippen MR) is 66.1 cm³/mol. The van der Waals surface area contributed by atoms with Crippen molar-refractivity contribution in [2.75, 3.05) is 7.11 Å². The number of carbonyl (C=O) groups excluding carboxylic acids is 2. The van der Waals surface area contributed by atoms with Crippen LogP contribution >= 0.6 is 0 Å². The van der Waals surface area contributed by atoms with Crippen LogP contribution in [0, 0.1) is 0 Å². The number of Topliss-reactive ketones (excluding diaryl/α,β-unsaturated/α-hetero) is 1. The molecule has 0 radical (unpaired) electrons. The van der Waals surface area contributed by atoms with E-state index in [1.54, 1.807) is 6.92 Å². The second-order valence-corrected chi connectivity index (χ2v) is 4.13. The van der Waals surface area contributed by atoms with Gasteiger partial charge >= 0.3 is 0 Å². The Hall–Kier alpha value is -2.34. The van der Waals surface area contributed by atoms with Gasteiger partial charge in [0, 0.05) is 13.2 Å². The zero-order chi connectivity index (χ0) is 14.2. The number of ketones is 2. The average Bonchev–Trinajstić information content (AvgIpc) is 2.38. The summed E-state index contributed by atoms with van der Waals surface area (Å²) in [5.74, 6) is -1.79. The van der Waals surface area contributed by atoms with Crippen LogP contribution in [0.4, 0.5) is 0 Å². The summed E-state index contributed by atoms with van der Waals surface area (Å²) in [5.41, 5.74) is -0.355. The summed E-state index contributed by atoms with van der Waals surface area (Å²) in [6.45, 7) is 1.66. The molecule has 100 valence electrons. The number of benzene rings is 1. The number of nitrogens with one attached hydrogen (secondary N) is 1. The van der Waals surface area contributed by atoms with E-state index in [4.69, 9.17) is 4.74 Å². The van der Waals surface area contributed by atoms with Gasteiger partial charge in [0.15, 0.2) is 5.78 Å². The van der Waals surface area contributed by atoms with Gasteiger partial charge in [0.1, 0.15) is 17.7 Å². The Morgan fingerprint density at radius 1 is 1.16 bits per heavy atom. The van der Waals surface area contributed by atoms with Crippen LogP contribution in [0.3, 0.4) is 0 Å². The summed E-state index contributed by atoms with van der Waals surface area (Å²) in [7, 11) is 1.45. The molecule has 0 saturated heterocycles. The molecule has 1 aliphatic rings. The molecule has 1 unspecified atom stereocenters. The van der Waals surface area contributed by atoms with E-state index < -0.39 is 17.8 Å². The largest absolute Gasteiger partial charge is 0.507 e. The second-order valence-electron chi connectivity index (χ2n) is 4.13. The van der Waals surface area contributed by atoms with E-state index in [-0.39, 0.29) is 28.3 Å². The molecule has 1 aliphatic carbocycles. The van der Waals surface area contributed by atoms with Crippen molar-refractivity contribution in [1.82, 2.24) is 5.32 Å². The molecule has 1 aromatic carbocycles. The fourth-order valence-electron chi connectivity index (χ4n) is 1.85. The van der Waals surface area contributed by atoms with Crippen molar-refractivity contribution < 1.29 is 24.5 Å². The number of rotatable bonds is 3. The Balaban J connectivity index is 2.50. The summed E-state index contributed by atoms with van der Waals surface area (Å²) < 4.78 is 4.95. The molecule has 0 heterocycles. The van der Waals surface area contributed by atoms with Gasteiger partial charge < -0.3 is 20.3 Å². The van der Waals surface area contributed by atoms with E-state index in [9.17, 15) is 19.8 Å².